The van der Waals surface area contributed by atoms with Gasteiger partial charge >= 0.3 is 0 Å². The van der Waals surface area contributed by atoms with Gasteiger partial charge in [0.2, 0.25) is 0 Å². The molecule has 1 aromatic carbocycles. The molecule has 0 atom stereocenters. The summed E-state index contributed by atoms with van der Waals surface area (Å²) >= 11 is 0. The summed E-state index contributed by atoms with van der Waals surface area (Å²) in [5.41, 5.74) is 2.04. The van der Waals surface area contributed by atoms with Gasteiger partial charge in [-0.3, -0.25) is 10.00 Å². The number of nitrogens with one attached hydrogen (secondary N) is 1. The van der Waals surface area contributed by atoms with Crippen molar-refractivity contribution in [2.45, 2.75) is 38.6 Å². The largest absolute Gasteiger partial charge is 0.497 e. The van der Waals surface area contributed by atoms with Gasteiger partial charge < -0.3 is 4.74 Å². The Morgan fingerprint density at radius 1 is 1.11 bits per heavy atom. The van der Waals surface area contributed by atoms with Crippen LogP contribution in [0.1, 0.15) is 43.2 Å². The molecule has 3 aromatic rings. The zero-order valence-corrected chi connectivity index (χ0v) is 16.4. The zero-order valence-electron chi connectivity index (χ0n) is 16.4. The van der Waals surface area contributed by atoms with Gasteiger partial charge in [0.15, 0.2) is 0 Å². The van der Waals surface area contributed by atoms with E-state index in [0.29, 0.717) is 5.92 Å². The maximum atomic E-state index is 5.24. The Bertz CT molecular complexity index is 899. The summed E-state index contributed by atoms with van der Waals surface area (Å²) in [6.45, 7) is 4.93. The number of aromatic nitrogens is 5. The van der Waals surface area contributed by atoms with Crippen molar-refractivity contribution in [1.29, 1.82) is 0 Å². The van der Waals surface area contributed by atoms with Gasteiger partial charge in [-0.05, 0) is 56.3 Å². The maximum absolute atomic E-state index is 5.24. The van der Waals surface area contributed by atoms with E-state index >= 15 is 0 Å². The second-order valence-electron chi connectivity index (χ2n) is 7.13. The number of rotatable bonds is 6. The molecule has 3 heterocycles. The molecule has 1 fully saturated rings. The first-order valence-corrected chi connectivity index (χ1v) is 9.85. The SMILES string of the molecule is CCc1n[nH]c(CN2CCC(c3nccc(-c4ccc(OC)cc4)n3)CC2)n1. The second kappa shape index (κ2) is 8.48. The van der Waals surface area contributed by atoms with Crippen LogP contribution in [0.15, 0.2) is 36.5 Å². The van der Waals surface area contributed by atoms with Crippen LogP contribution in [0.4, 0.5) is 0 Å². The molecule has 146 valence electrons. The number of piperidine rings is 1. The van der Waals surface area contributed by atoms with Crippen LogP contribution in [-0.2, 0) is 13.0 Å². The third-order valence-corrected chi connectivity index (χ3v) is 5.28. The van der Waals surface area contributed by atoms with Crippen molar-refractivity contribution in [3.63, 3.8) is 0 Å². The van der Waals surface area contributed by atoms with Crippen LogP contribution < -0.4 is 4.74 Å². The minimum Gasteiger partial charge on any atom is -0.497 e. The topological polar surface area (TPSA) is 79.8 Å². The Kier molecular flexibility index (Phi) is 5.62. The van der Waals surface area contributed by atoms with Gasteiger partial charge in [0.1, 0.15) is 23.2 Å². The molecule has 1 aliphatic heterocycles. The Balaban J connectivity index is 1.39. The quantitative estimate of drug-likeness (QED) is 0.709. The van der Waals surface area contributed by atoms with E-state index in [2.05, 4.69) is 32.0 Å². The van der Waals surface area contributed by atoms with Gasteiger partial charge in [0, 0.05) is 24.1 Å². The normalized spacial score (nSPS) is 15.6. The summed E-state index contributed by atoms with van der Waals surface area (Å²) in [6.07, 6.45) is 4.84. The van der Waals surface area contributed by atoms with Gasteiger partial charge in [-0.1, -0.05) is 6.92 Å². The smallest absolute Gasteiger partial charge is 0.150 e. The highest BCUT2D eigenvalue weighted by Gasteiger charge is 2.23. The number of nitrogens with zero attached hydrogens (tertiary/aromatic N) is 5. The number of hydrogen-bond donors (Lipinski definition) is 1. The standard InChI is InChI=1S/C21H26N6O/c1-3-19-24-20(26-25-19)14-27-12-9-16(10-13-27)21-22-11-8-18(23-21)15-4-6-17(28-2)7-5-15/h4-8,11,16H,3,9-10,12-14H2,1-2H3,(H,24,25,26). The van der Waals surface area contributed by atoms with Gasteiger partial charge in [-0.15, -0.1) is 0 Å². The summed E-state index contributed by atoms with van der Waals surface area (Å²) in [5.74, 6) is 4.03. The van der Waals surface area contributed by atoms with Crippen molar-refractivity contribution in [2.24, 2.45) is 0 Å². The fraction of sp³-hybridized carbons (Fsp3) is 0.429. The van der Waals surface area contributed by atoms with Crippen LogP contribution in [0, 0.1) is 0 Å². The Morgan fingerprint density at radius 3 is 2.57 bits per heavy atom. The summed E-state index contributed by atoms with van der Waals surface area (Å²) in [5, 5.41) is 7.27. The molecule has 28 heavy (non-hydrogen) atoms. The van der Waals surface area contributed by atoms with Crippen LogP contribution in [0.5, 0.6) is 5.75 Å². The van der Waals surface area contributed by atoms with E-state index in [9.17, 15) is 0 Å². The minimum absolute atomic E-state index is 0.398. The molecule has 4 rings (SSSR count). The highest BCUT2D eigenvalue weighted by molar-refractivity contribution is 5.59. The van der Waals surface area contributed by atoms with Crippen LogP contribution >= 0.6 is 0 Å². The molecule has 0 bridgehead atoms. The van der Waals surface area contributed by atoms with E-state index in [4.69, 9.17) is 9.72 Å². The molecular formula is C21H26N6O. The number of H-pyrrole nitrogens is 1. The van der Waals surface area contributed by atoms with Crippen molar-refractivity contribution in [3.8, 4) is 17.0 Å². The number of benzene rings is 1. The lowest BCUT2D eigenvalue weighted by molar-refractivity contribution is 0.197. The van der Waals surface area contributed by atoms with Crippen molar-refractivity contribution < 1.29 is 4.74 Å². The maximum Gasteiger partial charge on any atom is 0.150 e. The molecule has 0 unspecified atom stereocenters. The van der Waals surface area contributed by atoms with E-state index in [1.54, 1.807) is 7.11 Å². The first-order chi connectivity index (χ1) is 13.7. The van der Waals surface area contributed by atoms with Gasteiger partial charge in [-0.2, -0.15) is 5.10 Å². The number of aryl methyl sites for hydroxylation is 1. The van der Waals surface area contributed by atoms with Crippen LogP contribution in [0.2, 0.25) is 0 Å². The molecule has 2 aromatic heterocycles. The molecule has 1 N–H and O–H groups in total. The predicted molar refractivity (Wildman–Crippen MR) is 107 cm³/mol. The Labute approximate surface area is 165 Å². The highest BCUT2D eigenvalue weighted by atomic mass is 16.5. The van der Waals surface area contributed by atoms with Crippen molar-refractivity contribution >= 4 is 0 Å². The van der Waals surface area contributed by atoms with Crippen molar-refractivity contribution in [1.82, 2.24) is 30.0 Å². The van der Waals surface area contributed by atoms with Crippen LogP contribution in [-0.4, -0.2) is 50.2 Å². The van der Waals surface area contributed by atoms with E-state index in [1.165, 1.54) is 0 Å². The number of aromatic amines is 1. The molecule has 1 saturated heterocycles. The first kappa shape index (κ1) is 18.6. The zero-order chi connectivity index (χ0) is 19.3. The third kappa shape index (κ3) is 4.20. The molecule has 0 saturated carbocycles. The summed E-state index contributed by atoms with van der Waals surface area (Å²) < 4.78 is 5.24. The minimum atomic E-state index is 0.398. The number of likely N-dealkylation sites (tertiary alicyclic amines) is 1. The molecule has 0 spiro atoms. The van der Waals surface area contributed by atoms with Crippen molar-refractivity contribution in [3.05, 3.63) is 54.0 Å². The van der Waals surface area contributed by atoms with Crippen molar-refractivity contribution in [2.75, 3.05) is 20.2 Å². The lowest BCUT2D eigenvalue weighted by Gasteiger charge is -2.30. The lowest BCUT2D eigenvalue weighted by atomic mass is 9.95. The van der Waals surface area contributed by atoms with E-state index in [1.807, 2.05) is 36.5 Å². The predicted octanol–water partition coefficient (Wildman–Crippen LogP) is 3.21. The second-order valence-corrected chi connectivity index (χ2v) is 7.13. The number of ether oxygens (including phenoxy) is 1. The fourth-order valence-corrected chi connectivity index (χ4v) is 3.62. The van der Waals surface area contributed by atoms with E-state index in [-0.39, 0.29) is 0 Å². The fourth-order valence-electron chi connectivity index (χ4n) is 3.62. The molecule has 0 amide bonds. The molecule has 7 heteroatoms. The summed E-state index contributed by atoms with van der Waals surface area (Å²) in [7, 11) is 1.68. The van der Waals surface area contributed by atoms with Crippen LogP contribution in [0.25, 0.3) is 11.3 Å². The lowest BCUT2D eigenvalue weighted by Crippen LogP contribution is -2.33. The number of methoxy groups -OCH3 is 1. The third-order valence-electron chi connectivity index (χ3n) is 5.28. The molecule has 1 aliphatic rings. The Hall–Kier alpha value is -2.80. The summed E-state index contributed by atoms with van der Waals surface area (Å²) in [4.78, 5) is 16.3. The average Bonchev–Trinajstić information content (AvgIpc) is 3.22. The molecule has 0 radical (unpaired) electrons. The average molecular weight is 378 g/mol. The van der Waals surface area contributed by atoms with Crippen LogP contribution in [0.3, 0.4) is 0 Å². The van der Waals surface area contributed by atoms with E-state index < -0.39 is 0 Å². The molecular weight excluding hydrogens is 352 g/mol. The first-order valence-electron chi connectivity index (χ1n) is 9.85. The monoisotopic (exact) mass is 378 g/mol. The van der Waals surface area contributed by atoms with Gasteiger partial charge in [0.25, 0.3) is 0 Å². The van der Waals surface area contributed by atoms with Gasteiger partial charge in [-0.25, -0.2) is 15.0 Å². The number of hydrogen-bond acceptors (Lipinski definition) is 6. The Morgan fingerprint density at radius 2 is 1.89 bits per heavy atom. The van der Waals surface area contributed by atoms with Gasteiger partial charge in [0.05, 0.1) is 19.3 Å². The highest BCUT2D eigenvalue weighted by Crippen LogP contribution is 2.28. The molecule has 7 nitrogen and oxygen atoms in total. The summed E-state index contributed by atoms with van der Waals surface area (Å²) in [6, 6.07) is 9.97. The molecule has 0 aliphatic carbocycles. The van der Waals surface area contributed by atoms with E-state index in [0.717, 1.165) is 73.4 Å².